The van der Waals surface area contributed by atoms with Gasteiger partial charge in [-0.2, -0.15) is 4.98 Å². The summed E-state index contributed by atoms with van der Waals surface area (Å²) in [6, 6.07) is 5.14. The summed E-state index contributed by atoms with van der Waals surface area (Å²) in [6.07, 6.45) is 2.92. The Morgan fingerprint density at radius 2 is 2.23 bits per heavy atom. The van der Waals surface area contributed by atoms with E-state index in [0.29, 0.717) is 40.7 Å². The van der Waals surface area contributed by atoms with Crippen molar-refractivity contribution >= 4 is 50.1 Å². The number of anilines is 2. The molecular weight excluding hydrogens is 447 g/mol. The fourth-order valence-corrected chi connectivity index (χ4v) is 5.52. The zero-order valence-corrected chi connectivity index (χ0v) is 17.8. The van der Waals surface area contributed by atoms with E-state index in [4.69, 9.17) is 17.0 Å². The molecule has 0 spiro atoms. The highest BCUT2D eigenvalue weighted by molar-refractivity contribution is 7.91. The quantitative estimate of drug-likeness (QED) is 0.257. The Bertz CT molecular complexity index is 1250. The average molecular weight is 467 g/mol. The monoisotopic (exact) mass is 466 g/mol. The van der Waals surface area contributed by atoms with E-state index in [1.54, 1.807) is 0 Å². The van der Waals surface area contributed by atoms with Crippen LogP contribution in [-0.2, 0) is 9.84 Å². The first-order chi connectivity index (χ1) is 14.7. The third-order valence-electron chi connectivity index (χ3n) is 5.12. The first-order valence-electron chi connectivity index (χ1n) is 9.55. The van der Waals surface area contributed by atoms with E-state index in [2.05, 4.69) is 20.3 Å². The smallest absolute Gasteiger partial charge is 0.202 e. The highest BCUT2D eigenvalue weighted by Crippen LogP contribution is 2.25. The highest BCUT2D eigenvalue weighted by atomic mass is 35.5. The first kappa shape index (κ1) is 21.5. The fraction of sp³-hybridized carbons (Fsp3) is 0.316. The van der Waals surface area contributed by atoms with Crippen LogP contribution in [0, 0.1) is 17.1 Å². The summed E-state index contributed by atoms with van der Waals surface area (Å²) in [7, 11) is -3.00. The predicted octanol–water partition coefficient (Wildman–Crippen LogP) is 3.21. The van der Waals surface area contributed by atoms with Crippen LogP contribution in [0.5, 0.6) is 0 Å². The number of sulfone groups is 1. The minimum Gasteiger partial charge on any atom is -0.355 e. The summed E-state index contributed by atoms with van der Waals surface area (Å²) >= 11 is 5.77. The largest absolute Gasteiger partial charge is 0.355 e. The number of pyridine rings is 1. The lowest BCUT2D eigenvalue weighted by Gasteiger charge is -2.21. The van der Waals surface area contributed by atoms with E-state index in [0.717, 1.165) is 12.5 Å². The van der Waals surface area contributed by atoms with Crippen molar-refractivity contribution in [2.75, 3.05) is 28.4 Å². The van der Waals surface area contributed by atoms with Gasteiger partial charge in [0.25, 0.3) is 0 Å². The number of halogens is 2. The van der Waals surface area contributed by atoms with Gasteiger partial charge in [-0.3, -0.25) is 10.6 Å². The van der Waals surface area contributed by atoms with Gasteiger partial charge in [0.15, 0.2) is 21.3 Å². The number of hydrogen-bond donors (Lipinski definition) is 4. The normalized spacial score (nSPS) is 18.1. The number of nitrogens with one attached hydrogen (secondary N) is 3. The molecule has 1 atom stereocenters. The zero-order valence-electron chi connectivity index (χ0n) is 16.3. The summed E-state index contributed by atoms with van der Waals surface area (Å²) in [6.45, 7) is 0.437. The van der Waals surface area contributed by atoms with Crippen LogP contribution in [0.25, 0.3) is 11.2 Å². The average Bonchev–Trinajstić information content (AvgIpc) is 3.15. The molecule has 3 heterocycles. The van der Waals surface area contributed by atoms with Gasteiger partial charge in [0.1, 0.15) is 5.82 Å². The number of nitrogens with zero attached hydrogens (tertiary/aromatic N) is 3. The van der Waals surface area contributed by atoms with Crippen LogP contribution in [0.15, 0.2) is 30.5 Å². The maximum Gasteiger partial charge on any atom is 0.202 e. The standard InChI is InChI=1S/C19H20ClFN6O3S/c20-14-8-12(3-4-15(14)21)27(28)17(22)13-5-6-23-18-16(13)25-19(26-18)24-9-11-2-1-7-31(29,30)10-11/h3-6,8,11,22,28H,1-2,7,9-10H2,(H2,23,24,25,26). The summed E-state index contributed by atoms with van der Waals surface area (Å²) in [5.74, 6) is -0.154. The van der Waals surface area contributed by atoms with E-state index in [1.165, 1.54) is 24.4 Å². The minimum atomic E-state index is -3.00. The van der Waals surface area contributed by atoms with E-state index in [1.807, 2.05) is 0 Å². The predicted molar refractivity (Wildman–Crippen MR) is 116 cm³/mol. The van der Waals surface area contributed by atoms with Gasteiger partial charge in [-0.1, -0.05) is 11.6 Å². The number of rotatable bonds is 5. The number of benzene rings is 1. The molecule has 4 rings (SSSR count). The van der Waals surface area contributed by atoms with E-state index in [9.17, 15) is 18.0 Å². The topological polar surface area (TPSA) is 135 Å². The van der Waals surface area contributed by atoms with E-state index >= 15 is 0 Å². The van der Waals surface area contributed by atoms with Gasteiger partial charge in [-0.05, 0) is 43.0 Å². The highest BCUT2D eigenvalue weighted by Gasteiger charge is 2.25. The van der Waals surface area contributed by atoms with Crippen LogP contribution < -0.4 is 10.4 Å². The molecule has 1 aliphatic rings. The molecule has 1 aromatic carbocycles. The second-order valence-electron chi connectivity index (χ2n) is 7.40. The maximum atomic E-state index is 13.4. The second kappa shape index (κ2) is 8.40. The van der Waals surface area contributed by atoms with Crippen molar-refractivity contribution in [3.05, 3.63) is 46.9 Å². The van der Waals surface area contributed by atoms with Crippen molar-refractivity contribution < 1.29 is 18.0 Å². The molecule has 1 unspecified atom stereocenters. The lowest BCUT2D eigenvalue weighted by molar-refractivity contribution is 0.312. The summed E-state index contributed by atoms with van der Waals surface area (Å²) < 4.78 is 37.0. The van der Waals surface area contributed by atoms with Crippen LogP contribution in [-0.4, -0.2) is 52.5 Å². The molecule has 164 valence electrons. The molecule has 0 amide bonds. The van der Waals surface area contributed by atoms with Crippen molar-refractivity contribution in [2.24, 2.45) is 5.92 Å². The lowest BCUT2D eigenvalue weighted by Crippen LogP contribution is -2.29. The molecular formula is C19H20ClFN6O3S. The number of H-pyrrole nitrogens is 1. The van der Waals surface area contributed by atoms with Gasteiger partial charge in [-0.15, -0.1) is 0 Å². The van der Waals surface area contributed by atoms with E-state index in [-0.39, 0.29) is 34.0 Å². The van der Waals surface area contributed by atoms with Gasteiger partial charge >= 0.3 is 0 Å². The van der Waals surface area contributed by atoms with Crippen molar-refractivity contribution in [2.45, 2.75) is 12.8 Å². The van der Waals surface area contributed by atoms with E-state index < -0.39 is 15.7 Å². The molecule has 0 aliphatic carbocycles. The van der Waals surface area contributed by atoms with Crippen LogP contribution in [0.4, 0.5) is 16.0 Å². The van der Waals surface area contributed by atoms with Crippen LogP contribution in [0.1, 0.15) is 18.4 Å². The van der Waals surface area contributed by atoms with Crippen LogP contribution in [0.3, 0.4) is 0 Å². The second-order valence-corrected chi connectivity index (χ2v) is 10.0. The molecule has 2 aromatic heterocycles. The third kappa shape index (κ3) is 4.63. The Labute approximate surface area is 182 Å². The van der Waals surface area contributed by atoms with Crippen molar-refractivity contribution in [3.63, 3.8) is 0 Å². The molecule has 1 aliphatic heterocycles. The molecule has 1 saturated heterocycles. The number of hydrogen-bond acceptors (Lipinski definition) is 7. The number of hydroxylamine groups is 1. The van der Waals surface area contributed by atoms with Crippen molar-refractivity contribution in [3.8, 4) is 0 Å². The number of aromatic nitrogens is 3. The molecule has 0 saturated carbocycles. The molecule has 0 radical (unpaired) electrons. The Balaban J connectivity index is 1.54. The summed E-state index contributed by atoms with van der Waals surface area (Å²) in [5.41, 5.74) is 1.18. The number of amidine groups is 1. The number of aromatic amines is 1. The first-order valence-corrected chi connectivity index (χ1v) is 11.8. The van der Waals surface area contributed by atoms with Crippen LogP contribution in [0.2, 0.25) is 5.02 Å². The van der Waals surface area contributed by atoms with Crippen molar-refractivity contribution in [1.82, 2.24) is 15.0 Å². The minimum absolute atomic E-state index is 0.00570. The third-order valence-corrected chi connectivity index (χ3v) is 7.30. The Kier molecular flexibility index (Phi) is 5.82. The Morgan fingerprint density at radius 3 is 2.97 bits per heavy atom. The summed E-state index contributed by atoms with van der Waals surface area (Å²) in [5, 5.41) is 22.3. The number of imidazole rings is 1. The molecule has 4 N–H and O–H groups in total. The molecule has 31 heavy (non-hydrogen) atoms. The Morgan fingerprint density at radius 1 is 1.42 bits per heavy atom. The van der Waals surface area contributed by atoms with Crippen LogP contribution >= 0.6 is 11.6 Å². The van der Waals surface area contributed by atoms with Gasteiger partial charge in [0, 0.05) is 18.3 Å². The Hall–Kier alpha value is -2.76. The molecule has 3 aromatic rings. The molecule has 12 heteroatoms. The van der Waals surface area contributed by atoms with Crippen molar-refractivity contribution in [1.29, 1.82) is 5.41 Å². The zero-order chi connectivity index (χ0) is 22.2. The summed E-state index contributed by atoms with van der Waals surface area (Å²) in [4.78, 5) is 11.5. The molecule has 9 nitrogen and oxygen atoms in total. The number of fused-ring (bicyclic) bond motifs is 1. The van der Waals surface area contributed by atoms with Gasteiger partial charge in [-0.25, -0.2) is 22.9 Å². The van der Waals surface area contributed by atoms with Gasteiger partial charge < -0.3 is 10.3 Å². The maximum absolute atomic E-state index is 13.4. The SMILES string of the molecule is N=C(c1ccnc2nc(NCC3CCCS(=O)(=O)C3)[nH]c12)N(O)c1ccc(F)c(Cl)c1. The molecule has 0 bridgehead atoms. The molecule has 1 fully saturated rings. The lowest BCUT2D eigenvalue weighted by atomic mass is 10.1. The van der Waals surface area contributed by atoms with Gasteiger partial charge in [0.2, 0.25) is 5.95 Å². The fourth-order valence-electron chi connectivity index (χ4n) is 3.57. The van der Waals surface area contributed by atoms with Gasteiger partial charge in [0.05, 0.1) is 27.7 Å².